The molecule has 6 nitrogen and oxygen atoms in total. The van der Waals surface area contributed by atoms with Gasteiger partial charge in [0.1, 0.15) is 0 Å². The summed E-state index contributed by atoms with van der Waals surface area (Å²) in [6, 6.07) is 4.84. The van der Waals surface area contributed by atoms with E-state index in [2.05, 4.69) is 16.0 Å². The SMILES string of the molecule is CCNC(=NCC1(CCOC)CCC1)NCCNC(=O)c1ccc(Cl)c(Cl)c1. The first kappa shape index (κ1) is 22.8. The number of hydrogen-bond acceptors (Lipinski definition) is 3. The predicted octanol–water partition coefficient (Wildman–Crippen LogP) is 3.49. The Balaban J connectivity index is 1.79. The maximum absolute atomic E-state index is 12.2. The van der Waals surface area contributed by atoms with Gasteiger partial charge in [-0.1, -0.05) is 29.6 Å². The molecule has 8 heteroatoms. The van der Waals surface area contributed by atoms with Gasteiger partial charge in [0.15, 0.2) is 5.96 Å². The van der Waals surface area contributed by atoms with E-state index in [4.69, 9.17) is 32.9 Å². The normalized spacial score (nSPS) is 15.6. The van der Waals surface area contributed by atoms with E-state index in [-0.39, 0.29) is 11.3 Å². The molecule has 0 unspecified atom stereocenters. The van der Waals surface area contributed by atoms with Crippen LogP contribution in [0.25, 0.3) is 0 Å². The molecule has 156 valence electrons. The van der Waals surface area contributed by atoms with Gasteiger partial charge >= 0.3 is 0 Å². The first-order valence-electron chi connectivity index (χ1n) is 9.74. The van der Waals surface area contributed by atoms with Crippen LogP contribution in [0.1, 0.15) is 43.0 Å². The van der Waals surface area contributed by atoms with Crippen LogP contribution >= 0.6 is 23.2 Å². The number of nitrogens with zero attached hydrogens (tertiary/aromatic N) is 1. The molecule has 1 aliphatic carbocycles. The number of guanidine groups is 1. The van der Waals surface area contributed by atoms with Crippen molar-refractivity contribution in [3.8, 4) is 0 Å². The van der Waals surface area contributed by atoms with Crippen molar-refractivity contribution in [3.05, 3.63) is 33.8 Å². The van der Waals surface area contributed by atoms with Gasteiger partial charge in [-0.05, 0) is 49.8 Å². The van der Waals surface area contributed by atoms with Gasteiger partial charge in [0.25, 0.3) is 5.91 Å². The van der Waals surface area contributed by atoms with E-state index in [1.807, 2.05) is 6.92 Å². The molecule has 2 rings (SSSR count). The number of aliphatic imine (C=N–C) groups is 1. The minimum atomic E-state index is -0.185. The number of amides is 1. The van der Waals surface area contributed by atoms with Gasteiger partial charge in [-0.15, -0.1) is 0 Å². The number of rotatable bonds is 10. The molecule has 1 saturated carbocycles. The van der Waals surface area contributed by atoms with Crippen molar-refractivity contribution >= 4 is 35.1 Å². The highest BCUT2D eigenvalue weighted by molar-refractivity contribution is 6.42. The Morgan fingerprint density at radius 3 is 2.54 bits per heavy atom. The topological polar surface area (TPSA) is 74.8 Å². The maximum Gasteiger partial charge on any atom is 0.251 e. The van der Waals surface area contributed by atoms with Crippen molar-refractivity contribution in [1.29, 1.82) is 0 Å². The number of hydrogen-bond donors (Lipinski definition) is 3. The highest BCUT2D eigenvalue weighted by Crippen LogP contribution is 2.44. The zero-order valence-corrected chi connectivity index (χ0v) is 18.1. The summed E-state index contributed by atoms with van der Waals surface area (Å²) >= 11 is 11.8. The van der Waals surface area contributed by atoms with Crippen LogP contribution in [0.15, 0.2) is 23.2 Å². The van der Waals surface area contributed by atoms with Gasteiger partial charge in [-0.3, -0.25) is 9.79 Å². The molecule has 0 aromatic heterocycles. The van der Waals surface area contributed by atoms with Gasteiger partial charge in [0.2, 0.25) is 0 Å². The second-order valence-corrected chi connectivity index (χ2v) is 7.92. The Morgan fingerprint density at radius 1 is 1.18 bits per heavy atom. The second kappa shape index (κ2) is 11.5. The van der Waals surface area contributed by atoms with E-state index in [1.165, 1.54) is 19.3 Å². The molecule has 0 atom stereocenters. The molecule has 1 aromatic rings. The lowest BCUT2D eigenvalue weighted by atomic mass is 9.67. The minimum absolute atomic E-state index is 0.185. The standard InChI is InChI=1S/C20H30Cl2N4O2/c1-3-23-19(26-14-20(7-4-8-20)9-12-28-2)25-11-10-24-18(27)15-5-6-16(21)17(22)13-15/h5-6,13H,3-4,7-12,14H2,1-2H3,(H,24,27)(H2,23,25,26). The first-order chi connectivity index (χ1) is 13.5. The molecule has 0 saturated heterocycles. The molecule has 1 aromatic carbocycles. The number of ether oxygens (including phenoxy) is 1. The number of halogens is 2. The van der Waals surface area contributed by atoms with Crippen LogP contribution < -0.4 is 16.0 Å². The summed E-state index contributed by atoms with van der Waals surface area (Å²) in [5, 5.41) is 10.2. The van der Waals surface area contributed by atoms with Crippen LogP contribution in [0.3, 0.4) is 0 Å². The Kier molecular flexibility index (Phi) is 9.35. The average molecular weight is 429 g/mol. The number of nitrogens with one attached hydrogen (secondary N) is 3. The molecule has 1 amide bonds. The van der Waals surface area contributed by atoms with Crippen LogP contribution in [0.4, 0.5) is 0 Å². The van der Waals surface area contributed by atoms with Crippen molar-refractivity contribution in [2.75, 3.05) is 39.9 Å². The zero-order chi connectivity index (χ0) is 20.4. The second-order valence-electron chi connectivity index (χ2n) is 7.10. The molecule has 0 heterocycles. The summed E-state index contributed by atoms with van der Waals surface area (Å²) in [5.41, 5.74) is 0.764. The Hall–Kier alpha value is -1.50. The molecule has 1 fully saturated rings. The van der Waals surface area contributed by atoms with Gasteiger partial charge in [0.05, 0.1) is 10.0 Å². The van der Waals surface area contributed by atoms with Crippen LogP contribution in [0.5, 0.6) is 0 Å². The van der Waals surface area contributed by atoms with Crippen LogP contribution in [0, 0.1) is 5.41 Å². The van der Waals surface area contributed by atoms with Crippen molar-refractivity contribution in [2.24, 2.45) is 10.4 Å². The third kappa shape index (κ3) is 6.83. The quantitative estimate of drug-likeness (QED) is 0.303. The third-order valence-corrected chi connectivity index (χ3v) is 5.79. The summed E-state index contributed by atoms with van der Waals surface area (Å²) in [5.74, 6) is 0.588. The van der Waals surface area contributed by atoms with Crippen LogP contribution in [-0.4, -0.2) is 51.8 Å². The minimum Gasteiger partial charge on any atom is -0.385 e. The van der Waals surface area contributed by atoms with E-state index in [0.29, 0.717) is 28.7 Å². The van der Waals surface area contributed by atoms with E-state index in [9.17, 15) is 4.79 Å². The van der Waals surface area contributed by atoms with Crippen LogP contribution in [0.2, 0.25) is 10.0 Å². The fourth-order valence-electron chi connectivity index (χ4n) is 3.17. The van der Waals surface area contributed by atoms with E-state index in [0.717, 1.165) is 32.1 Å². The highest BCUT2D eigenvalue weighted by atomic mass is 35.5. The third-order valence-electron chi connectivity index (χ3n) is 5.05. The largest absolute Gasteiger partial charge is 0.385 e. The number of carbonyl (C=O) groups excluding carboxylic acids is 1. The van der Waals surface area contributed by atoms with Crippen LogP contribution in [-0.2, 0) is 4.74 Å². The molecular formula is C20H30Cl2N4O2. The molecule has 0 spiro atoms. The van der Waals surface area contributed by atoms with E-state index >= 15 is 0 Å². The Bertz CT molecular complexity index is 678. The Morgan fingerprint density at radius 2 is 1.93 bits per heavy atom. The van der Waals surface area contributed by atoms with Crippen molar-refractivity contribution in [3.63, 3.8) is 0 Å². The summed E-state index contributed by atoms with van der Waals surface area (Å²) in [4.78, 5) is 16.9. The Labute approximate surface area is 177 Å². The molecule has 28 heavy (non-hydrogen) atoms. The molecule has 0 aliphatic heterocycles. The van der Waals surface area contributed by atoms with Gasteiger partial charge in [0, 0.05) is 45.5 Å². The summed E-state index contributed by atoms with van der Waals surface area (Å²) in [6.07, 6.45) is 4.73. The van der Waals surface area contributed by atoms with Gasteiger partial charge < -0.3 is 20.7 Å². The number of carbonyl (C=O) groups is 1. The molecule has 3 N–H and O–H groups in total. The molecule has 1 aliphatic rings. The predicted molar refractivity (Wildman–Crippen MR) is 116 cm³/mol. The lowest BCUT2D eigenvalue weighted by Gasteiger charge is -2.40. The number of benzene rings is 1. The smallest absolute Gasteiger partial charge is 0.251 e. The molecular weight excluding hydrogens is 399 g/mol. The summed E-state index contributed by atoms with van der Waals surface area (Å²) in [6.45, 7) is 5.43. The average Bonchev–Trinajstić information content (AvgIpc) is 2.65. The lowest BCUT2D eigenvalue weighted by molar-refractivity contribution is 0.0778. The zero-order valence-electron chi connectivity index (χ0n) is 16.6. The van der Waals surface area contributed by atoms with Crippen molar-refractivity contribution in [1.82, 2.24) is 16.0 Å². The highest BCUT2D eigenvalue weighted by Gasteiger charge is 2.36. The number of methoxy groups -OCH3 is 1. The van der Waals surface area contributed by atoms with Crippen molar-refractivity contribution in [2.45, 2.75) is 32.6 Å². The fourth-order valence-corrected chi connectivity index (χ4v) is 3.47. The monoisotopic (exact) mass is 428 g/mol. The first-order valence-corrected chi connectivity index (χ1v) is 10.5. The van der Waals surface area contributed by atoms with Crippen molar-refractivity contribution < 1.29 is 9.53 Å². The van der Waals surface area contributed by atoms with E-state index < -0.39 is 0 Å². The molecule has 0 radical (unpaired) electrons. The van der Waals surface area contributed by atoms with Gasteiger partial charge in [-0.2, -0.15) is 0 Å². The summed E-state index contributed by atoms with van der Waals surface area (Å²) in [7, 11) is 1.74. The fraction of sp³-hybridized carbons (Fsp3) is 0.600. The van der Waals surface area contributed by atoms with E-state index in [1.54, 1.807) is 25.3 Å². The van der Waals surface area contributed by atoms with Gasteiger partial charge in [-0.25, -0.2) is 0 Å². The lowest BCUT2D eigenvalue weighted by Crippen LogP contribution is -2.43. The maximum atomic E-state index is 12.2. The molecule has 0 bridgehead atoms. The summed E-state index contributed by atoms with van der Waals surface area (Å²) < 4.78 is 5.24.